The molecule has 1 aliphatic carbocycles. The van der Waals surface area contributed by atoms with Gasteiger partial charge in [-0.2, -0.15) is 0 Å². The van der Waals surface area contributed by atoms with Crippen LogP contribution in [0.25, 0.3) is 0 Å². The van der Waals surface area contributed by atoms with Crippen LogP contribution in [0.2, 0.25) is 0 Å². The number of methoxy groups -OCH3 is 1. The fraction of sp³-hybridized carbons (Fsp3) is 0.941. The molecule has 1 aliphatic heterocycles. The molecule has 0 spiro atoms. The number of piperidine rings is 1. The van der Waals surface area contributed by atoms with Gasteiger partial charge in [-0.25, -0.2) is 0 Å². The van der Waals surface area contributed by atoms with Gasteiger partial charge in [0.15, 0.2) is 0 Å². The Labute approximate surface area is 159 Å². The zero-order valence-corrected chi connectivity index (χ0v) is 16.5. The Kier molecular flexibility index (Phi) is 12.3. The van der Waals surface area contributed by atoms with Crippen LogP contribution < -0.4 is 16.4 Å². The number of ether oxygens (including phenoxy) is 1. The van der Waals surface area contributed by atoms with Gasteiger partial charge in [-0.15, -0.1) is 24.8 Å². The van der Waals surface area contributed by atoms with E-state index in [0.29, 0.717) is 13.2 Å². The highest BCUT2D eigenvalue weighted by molar-refractivity contribution is 5.85. The number of nitrogens with one attached hydrogen (secondary N) is 2. The summed E-state index contributed by atoms with van der Waals surface area (Å²) >= 11 is 0. The van der Waals surface area contributed by atoms with Gasteiger partial charge in [0.1, 0.15) is 0 Å². The van der Waals surface area contributed by atoms with Crippen molar-refractivity contribution in [2.24, 2.45) is 17.1 Å². The Balaban J connectivity index is 0.00000264. The standard InChI is InChI=1S/C17H33N3O2.2ClH/c1-22-13-17(8-10-19-11-9-17)12-20-16(21)14-6-4-2-3-5-7-15(14)18;;/h14-15,19H,2-13,18H2,1H3,(H,20,21);2*1H. The average molecular weight is 384 g/mol. The normalized spacial score (nSPS) is 26.9. The highest BCUT2D eigenvalue weighted by Crippen LogP contribution is 2.29. The third kappa shape index (κ3) is 7.04. The van der Waals surface area contributed by atoms with Crippen LogP contribution in [0.4, 0.5) is 0 Å². The van der Waals surface area contributed by atoms with E-state index >= 15 is 0 Å². The van der Waals surface area contributed by atoms with E-state index in [1.54, 1.807) is 7.11 Å². The van der Waals surface area contributed by atoms with Gasteiger partial charge in [-0.3, -0.25) is 4.79 Å². The van der Waals surface area contributed by atoms with Crippen molar-refractivity contribution in [1.82, 2.24) is 10.6 Å². The molecule has 1 amide bonds. The van der Waals surface area contributed by atoms with Crippen LogP contribution in [0.15, 0.2) is 0 Å². The van der Waals surface area contributed by atoms with E-state index in [9.17, 15) is 4.79 Å². The van der Waals surface area contributed by atoms with E-state index < -0.39 is 0 Å². The third-order valence-corrected chi connectivity index (χ3v) is 5.41. The van der Waals surface area contributed by atoms with E-state index in [0.717, 1.165) is 51.6 Å². The molecular formula is C17H35Cl2N3O2. The number of carbonyl (C=O) groups is 1. The van der Waals surface area contributed by atoms with E-state index in [1.165, 1.54) is 12.8 Å². The Morgan fingerprint density at radius 1 is 1.17 bits per heavy atom. The molecule has 2 unspecified atom stereocenters. The SMILES string of the molecule is COCC1(CNC(=O)C2CCCCCCC2N)CCNCC1.Cl.Cl. The van der Waals surface area contributed by atoms with Crippen molar-refractivity contribution in [2.45, 2.75) is 57.4 Å². The van der Waals surface area contributed by atoms with E-state index in [4.69, 9.17) is 10.5 Å². The number of nitrogens with two attached hydrogens (primary N) is 1. The molecule has 1 saturated carbocycles. The molecular weight excluding hydrogens is 349 g/mol. The second-order valence-corrected chi connectivity index (χ2v) is 7.16. The second kappa shape index (κ2) is 12.3. The second-order valence-electron chi connectivity index (χ2n) is 7.16. The number of halogens is 2. The van der Waals surface area contributed by atoms with Crippen LogP contribution in [0, 0.1) is 11.3 Å². The first-order chi connectivity index (χ1) is 10.7. The predicted octanol–water partition coefficient (Wildman–Crippen LogP) is 2.26. The van der Waals surface area contributed by atoms with Gasteiger partial charge in [0, 0.05) is 25.1 Å². The summed E-state index contributed by atoms with van der Waals surface area (Å²) in [5.41, 5.74) is 6.34. The minimum absolute atomic E-state index is 0. The van der Waals surface area contributed by atoms with Crippen LogP contribution in [0.5, 0.6) is 0 Å². The smallest absolute Gasteiger partial charge is 0.224 e. The van der Waals surface area contributed by atoms with Crippen molar-refractivity contribution in [2.75, 3.05) is 33.4 Å². The Bertz CT molecular complexity index is 347. The van der Waals surface area contributed by atoms with Gasteiger partial charge in [0.05, 0.1) is 12.5 Å². The molecule has 2 rings (SSSR count). The fourth-order valence-corrected chi connectivity index (χ4v) is 3.88. The zero-order valence-electron chi connectivity index (χ0n) is 14.9. The van der Waals surface area contributed by atoms with Crippen molar-refractivity contribution < 1.29 is 9.53 Å². The van der Waals surface area contributed by atoms with Gasteiger partial charge >= 0.3 is 0 Å². The minimum atomic E-state index is -0.0124. The van der Waals surface area contributed by atoms with Crippen molar-refractivity contribution in [1.29, 1.82) is 0 Å². The zero-order chi connectivity index (χ0) is 15.8. The third-order valence-electron chi connectivity index (χ3n) is 5.41. The van der Waals surface area contributed by atoms with Crippen molar-refractivity contribution in [3.8, 4) is 0 Å². The molecule has 4 N–H and O–H groups in total. The molecule has 0 aromatic carbocycles. The quantitative estimate of drug-likeness (QED) is 0.680. The van der Waals surface area contributed by atoms with Crippen LogP contribution in [-0.2, 0) is 9.53 Å². The summed E-state index contributed by atoms with van der Waals surface area (Å²) in [6.45, 7) is 3.43. The summed E-state index contributed by atoms with van der Waals surface area (Å²) in [7, 11) is 1.75. The molecule has 7 heteroatoms. The number of rotatable bonds is 5. The molecule has 0 bridgehead atoms. The molecule has 24 heavy (non-hydrogen) atoms. The Morgan fingerprint density at radius 3 is 2.42 bits per heavy atom. The molecule has 2 atom stereocenters. The van der Waals surface area contributed by atoms with E-state index in [1.807, 2.05) is 0 Å². The number of carbonyl (C=O) groups excluding carboxylic acids is 1. The summed E-state index contributed by atoms with van der Waals surface area (Å²) in [4.78, 5) is 12.6. The van der Waals surface area contributed by atoms with Gasteiger partial charge in [0.2, 0.25) is 5.91 Å². The van der Waals surface area contributed by atoms with Gasteiger partial charge in [-0.05, 0) is 38.8 Å². The van der Waals surface area contributed by atoms with Gasteiger partial charge in [-0.1, -0.05) is 25.7 Å². The lowest BCUT2D eigenvalue weighted by molar-refractivity contribution is -0.127. The minimum Gasteiger partial charge on any atom is -0.384 e. The van der Waals surface area contributed by atoms with Crippen molar-refractivity contribution >= 4 is 30.7 Å². The number of amides is 1. The maximum Gasteiger partial charge on any atom is 0.224 e. The fourth-order valence-electron chi connectivity index (χ4n) is 3.88. The van der Waals surface area contributed by atoms with Crippen LogP contribution in [-0.4, -0.2) is 45.3 Å². The first kappa shape index (κ1) is 23.9. The van der Waals surface area contributed by atoms with Crippen LogP contribution in [0.3, 0.4) is 0 Å². The van der Waals surface area contributed by atoms with Gasteiger partial charge in [0.25, 0.3) is 0 Å². The molecule has 0 radical (unpaired) electrons. The highest BCUT2D eigenvalue weighted by atomic mass is 35.5. The summed E-state index contributed by atoms with van der Waals surface area (Å²) in [6.07, 6.45) is 8.79. The number of hydrogen-bond donors (Lipinski definition) is 3. The molecule has 1 heterocycles. The molecule has 5 nitrogen and oxygen atoms in total. The Hall–Kier alpha value is -0.0700. The topological polar surface area (TPSA) is 76.4 Å². The molecule has 2 aliphatic rings. The van der Waals surface area contributed by atoms with Gasteiger partial charge < -0.3 is 21.1 Å². The van der Waals surface area contributed by atoms with Crippen molar-refractivity contribution in [3.05, 3.63) is 0 Å². The lowest BCUT2D eigenvalue weighted by atomic mass is 9.79. The maximum atomic E-state index is 12.6. The van der Waals surface area contributed by atoms with Crippen molar-refractivity contribution in [3.63, 3.8) is 0 Å². The van der Waals surface area contributed by atoms with E-state index in [-0.39, 0.29) is 48.1 Å². The first-order valence-electron chi connectivity index (χ1n) is 8.90. The Morgan fingerprint density at radius 2 is 1.79 bits per heavy atom. The largest absolute Gasteiger partial charge is 0.384 e. The highest BCUT2D eigenvalue weighted by Gasteiger charge is 2.34. The molecule has 1 saturated heterocycles. The summed E-state index contributed by atoms with van der Waals surface area (Å²) in [6, 6.07) is 0.0201. The average Bonchev–Trinajstić information content (AvgIpc) is 2.50. The van der Waals surface area contributed by atoms with Crippen LogP contribution in [0.1, 0.15) is 51.4 Å². The number of hydrogen-bond acceptors (Lipinski definition) is 4. The lowest BCUT2D eigenvalue weighted by Crippen LogP contribution is -2.50. The van der Waals surface area contributed by atoms with Crippen LogP contribution >= 0.6 is 24.8 Å². The molecule has 0 aromatic rings. The molecule has 0 aromatic heterocycles. The maximum absolute atomic E-state index is 12.6. The predicted molar refractivity (Wildman–Crippen MR) is 103 cm³/mol. The summed E-state index contributed by atoms with van der Waals surface area (Å²) < 4.78 is 5.42. The van der Waals surface area contributed by atoms with E-state index in [2.05, 4.69) is 10.6 Å². The summed E-state index contributed by atoms with van der Waals surface area (Å²) in [5, 5.41) is 6.58. The monoisotopic (exact) mass is 383 g/mol. The summed E-state index contributed by atoms with van der Waals surface area (Å²) in [5.74, 6) is 0.144. The molecule has 144 valence electrons. The lowest BCUT2D eigenvalue weighted by Gasteiger charge is -2.37. The first-order valence-corrected chi connectivity index (χ1v) is 8.90. The molecule has 2 fully saturated rings.